The molecule has 0 bridgehead atoms. The maximum Gasteiger partial charge on any atom is 0.197 e. The maximum absolute atomic E-state index is 15.6. The SMILES string of the molecule is COc1cc2c(c(F)c1O[C@H](C)C1CCC1)CCN1C[C@@H](OC(C)(C)C)[C@H](O)C[C@H]21. The number of nitrogens with zero attached hydrogens (tertiary/aromatic N) is 1. The van der Waals surface area contributed by atoms with Gasteiger partial charge in [0.05, 0.1) is 31.0 Å². The van der Waals surface area contributed by atoms with Crippen LogP contribution in [0, 0.1) is 11.7 Å². The Balaban J connectivity index is 1.59. The molecule has 1 aromatic carbocycles. The highest BCUT2D eigenvalue weighted by atomic mass is 19.1. The standard InChI is InChI=1S/C24H36FNO4/c1-14(15-7-6-8-15)29-23-20(28-5)11-17-16(22(23)25)9-10-26-13-21(30-24(2,3)4)19(27)12-18(17)26/h11,14-15,18-19,21,27H,6-10,12-13H2,1-5H3/t14-,18-,19-,21-/m1/s1. The number of halogens is 1. The third-order valence-electron chi connectivity index (χ3n) is 6.92. The van der Waals surface area contributed by atoms with Crippen LogP contribution in [-0.4, -0.2) is 54.1 Å². The number of hydrogen-bond acceptors (Lipinski definition) is 5. The molecule has 0 amide bonds. The van der Waals surface area contributed by atoms with E-state index < -0.39 is 6.10 Å². The topological polar surface area (TPSA) is 51.2 Å². The maximum atomic E-state index is 15.6. The fraction of sp³-hybridized carbons (Fsp3) is 0.750. The van der Waals surface area contributed by atoms with Crippen LogP contribution in [0.25, 0.3) is 0 Å². The third-order valence-corrected chi connectivity index (χ3v) is 6.92. The van der Waals surface area contributed by atoms with Gasteiger partial charge in [-0.2, -0.15) is 0 Å². The lowest BCUT2D eigenvalue weighted by atomic mass is 9.81. The van der Waals surface area contributed by atoms with Crippen molar-refractivity contribution in [1.29, 1.82) is 0 Å². The molecule has 30 heavy (non-hydrogen) atoms. The molecule has 2 heterocycles. The molecule has 2 aliphatic heterocycles. The van der Waals surface area contributed by atoms with E-state index >= 15 is 4.39 Å². The summed E-state index contributed by atoms with van der Waals surface area (Å²) in [6.45, 7) is 9.42. The number of rotatable bonds is 5. The summed E-state index contributed by atoms with van der Waals surface area (Å²) in [6, 6.07) is 1.89. The van der Waals surface area contributed by atoms with E-state index in [-0.39, 0.29) is 35.4 Å². The molecule has 0 radical (unpaired) electrons. The van der Waals surface area contributed by atoms with Crippen molar-refractivity contribution in [2.45, 2.75) is 89.8 Å². The number of fused-ring (bicyclic) bond motifs is 3. The lowest BCUT2D eigenvalue weighted by molar-refractivity contribution is -0.149. The molecule has 0 aromatic heterocycles. The third kappa shape index (κ3) is 4.19. The fourth-order valence-corrected chi connectivity index (χ4v) is 5.08. The molecular weight excluding hydrogens is 385 g/mol. The van der Waals surface area contributed by atoms with Crippen LogP contribution in [0.4, 0.5) is 4.39 Å². The van der Waals surface area contributed by atoms with Crippen molar-refractivity contribution in [2.75, 3.05) is 20.2 Å². The Morgan fingerprint density at radius 3 is 2.60 bits per heavy atom. The van der Waals surface area contributed by atoms with Crippen molar-refractivity contribution >= 4 is 0 Å². The van der Waals surface area contributed by atoms with Gasteiger partial charge in [-0.3, -0.25) is 4.90 Å². The number of hydrogen-bond donors (Lipinski definition) is 1. The molecule has 0 unspecified atom stereocenters. The first-order chi connectivity index (χ1) is 14.2. The first-order valence-corrected chi connectivity index (χ1v) is 11.3. The Hall–Kier alpha value is -1.37. The van der Waals surface area contributed by atoms with Gasteiger partial charge in [0.25, 0.3) is 0 Å². The monoisotopic (exact) mass is 421 g/mol. The van der Waals surface area contributed by atoms with Gasteiger partial charge in [0, 0.05) is 19.1 Å². The molecular formula is C24H36FNO4. The second-order valence-corrected chi connectivity index (χ2v) is 10.1. The van der Waals surface area contributed by atoms with Gasteiger partial charge in [-0.05, 0) is 76.5 Å². The van der Waals surface area contributed by atoms with Gasteiger partial charge in [-0.15, -0.1) is 0 Å². The minimum atomic E-state index is -0.583. The molecule has 3 aliphatic rings. The van der Waals surface area contributed by atoms with Gasteiger partial charge >= 0.3 is 0 Å². The molecule has 2 fully saturated rings. The Labute approximate surface area is 179 Å². The average Bonchev–Trinajstić information content (AvgIpc) is 2.61. The Morgan fingerprint density at radius 1 is 1.27 bits per heavy atom. The van der Waals surface area contributed by atoms with Crippen molar-refractivity contribution in [3.63, 3.8) is 0 Å². The molecule has 0 spiro atoms. The molecule has 1 N–H and O–H groups in total. The summed E-state index contributed by atoms with van der Waals surface area (Å²) in [4.78, 5) is 2.31. The number of benzene rings is 1. The number of methoxy groups -OCH3 is 1. The highest BCUT2D eigenvalue weighted by Crippen LogP contribution is 2.45. The van der Waals surface area contributed by atoms with Gasteiger partial charge in [-0.25, -0.2) is 4.39 Å². The minimum Gasteiger partial charge on any atom is -0.493 e. The lowest BCUT2D eigenvalue weighted by Gasteiger charge is -2.47. The Kier molecular flexibility index (Phi) is 6.03. The van der Waals surface area contributed by atoms with Crippen LogP contribution < -0.4 is 9.47 Å². The van der Waals surface area contributed by atoms with E-state index in [1.54, 1.807) is 7.11 Å². The number of ether oxygens (including phenoxy) is 3. The van der Waals surface area contributed by atoms with Crippen molar-refractivity contribution < 1.29 is 23.7 Å². The highest BCUT2D eigenvalue weighted by molar-refractivity contribution is 5.51. The number of aliphatic hydroxyl groups excluding tert-OH is 1. The van der Waals surface area contributed by atoms with Gasteiger partial charge in [0.15, 0.2) is 17.3 Å². The summed E-state index contributed by atoms with van der Waals surface area (Å²) in [7, 11) is 1.56. The van der Waals surface area contributed by atoms with Crippen LogP contribution in [0.1, 0.15) is 70.5 Å². The van der Waals surface area contributed by atoms with E-state index in [9.17, 15) is 5.11 Å². The molecule has 168 valence electrons. The van der Waals surface area contributed by atoms with E-state index in [1.807, 2.05) is 33.8 Å². The van der Waals surface area contributed by atoms with E-state index in [1.165, 1.54) is 6.42 Å². The number of piperidine rings is 1. The predicted octanol–water partition coefficient (Wildman–Crippen LogP) is 4.25. The van der Waals surface area contributed by atoms with Crippen molar-refractivity contribution in [1.82, 2.24) is 4.90 Å². The molecule has 1 aromatic rings. The quantitative estimate of drug-likeness (QED) is 0.770. The molecule has 1 saturated heterocycles. The summed E-state index contributed by atoms with van der Waals surface area (Å²) >= 11 is 0. The molecule has 4 rings (SSSR count). The Bertz CT molecular complexity index is 773. The van der Waals surface area contributed by atoms with Gasteiger partial charge in [-0.1, -0.05) is 6.42 Å². The number of aliphatic hydroxyl groups is 1. The average molecular weight is 422 g/mol. The predicted molar refractivity (Wildman–Crippen MR) is 114 cm³/mol. The van der Waals surface area contributed by atoms with E-state index in [2.05, 4.69) is 4.90 Å². The smallest absolute Gasteiger partial charge is 0.197 e. The summed E-state index contributed by atoms with van der Waals surface area (Å²) < 4.78 is 33.3. The summed E-state index contributed by atoms with van der Waals surface area (Å²) in [6.07, 6.45) is 3.81. The minimum absolute atomic E-state index is 0.0212. The van der Waals surface area contributed by atoms with Gasteiger partial charge in [0.2, 0.25) is 0 Å². The Morgan fingerprint density at radius 2 is 2.00 bits per heavy atom. The second-order valence-electron chi connectivity index (χ2n) is 10.1. The summed E-state index contributed by atoms with van der Waals surface area (Å²) in [5.74, 6) is 0.892. The first kappa shape index (κ1) is 21.8. The van der Waals surface area contributed by atoms with Crippen molar-refractivity contribution in [3.05, 3.63) is 23.0 Å². The lowest BCUT2D eigenvalue weighted by Crippen LogP contribution is -2.53. The van der Waals surface area contributed by atoms with E-state index in [0.717, 1.165) is 24.9 Å². The first-order valence-electron chi connectivity index (χ1n) is 11.3. The summed E-state index contributed by atoms with van der Waals surface area (Å²) in [5, 5.41) is 10.8. The van der Waals surface area contributed by atoms with Crippen LogP contribution >= 0.6 is 0 Å². The van der Waals surface area contributed by atoms with Crippen LogP contribution in [-0.2, 0) is 11.2 Å². The van der Waals surface area contributed by atoms with Gasteiger partial charge < -0.3 is 19.3 Å². The zero-order chi connectivity index (χ0) is 21.6. The van der Waals surface area contributed by atoms with Crippen LogP contribution in [0.2, 0.25) is 0 Å². The van der Waals surface area contributed by atoms with Crippen molar-refractivity contribution in [2.24, 2.45) is 5.92 Å². The second kappa shape index (κ2) is 8.29. The molecule has 1 aliphatic carbocycles. The largest absolute Gasteiger partial charge is 0.493 e. The fourth-order valence-electron chi connectivity index (χ4n) is 5.08. The van der Waals surface area contributed by atoms with Crippen LogP contribution in [0.3, 0.4) is 0 Å². The van der Waals surface area contributed by atoms with Crippen LogP contribution in [0.5, 0.6) is 11.5 Å². The molecule has 1 saturated carbocycles. The molecule has 6 heteroatoms. The molecule has 4 atom stereocenters. The zero-order valence-electron chi connectivity index (χ0n) is 18.9. The van der Waals surface area contributed by atoms with E-state index in [0.29, 0.717) is 36.6 Å². The highest BCUT2D eigenvalue weighted by Gasteiger charge is 2.42. The summed E-state index contributed by atoms with van der Waals surface area (Å²) in [5.41, 5.74) is 1.30. The van der Waals surface area contributed by atoms with Crippen LogP contribution in [0.15, 0.2) is 6.07 Å². The van der Waals surface area contributed by atoms with E-state index in [4.69, 9.17) is 14.2 Å². The molecule has 5 nitrogen and oxygen atoms in total. The normalized spacial score (nSPS) is 28.3. The van der Waals surface area contributed by atoms with Gasteiger partial charge in [0.1, 0.15) is 0 Å². The zero-order valence-corrected chi connectivity index (χ0v) is 18.9. The van der Waals surface area contributed by atoms with Crippen molar-refractivity contribution in [3.8, 4) is 11.5 Å².